The molecule has 1 heterocycles. The molecule has 21 heavy (non-hydrogen) atoms. The van der Waals surface area contributed by atoms with Gasteiger partial charge in [0.1, 0.15) is 5.69 Å². The average molecular weight is 287 g/mol. The second-order valence-corrected chi connectivity index (χ2v) is 5.14. The Morgan fingerprint density at radius 3 is 2.48 bits per heavy atom. The zero-order valence-corrected chi connectivity index (χ0v) is 13.4. The van der Waals surface area contributed by atoms with Gasteiger partial charge in [0.15, 0.2) is 5.75 Å². The highest BCUT2D eigenvalue weighted by Crippen LogP contribution is 2.30. The molecule has 114 valence electrons. The van der Waals surface area contributed by atoms with Gasteiger partial charge in [-0.05, 0) is 31.0 Å². The van der Waals surface area contributed by atoms with Crippen molar-refractivity contribution in [2.75, 3.05) is 14.2 Å². The Bertz CT molecular complexity index is 560. The molecule has 0 spiro atoms. The number of methoxy groups -OCH3 is 1. The van der Waals surface area contributed by atoms with Gasteiger partial charge in [-0.2, -0.15) is 5.10 Å². The van der Waals surface area contributed by atoms with Crippen LogP contribution in [0, 0.1) is 0 Å². The minimum atomic E-state index is 0.0832. The summed E-state index contributed by atoms with van der Waals surface area (Å²) in [5.41, 5.74) is 3.67. The van der Waals surface area contributed by atoms with Crippen LogP contribution in [0.15, 0.2) is 30.5 Å². The highest BCUT2D eigenvalue weighted by Gasteiger charge is 2.22. The molecular formula is C17H25N3O. The fourth-order valence-corrected chi connectivity index (χ4v) is 2.62. The summed E-state index contributed by atoms with van der Waals surface area (Å²) in [6.45, 7) is 5.22. The van der Waals surface area contributed by atoms with E-state index in [-0.39, 0.29) is 6.04 Å². The van der Waals surface area contributed by atoms with Crippen molar-refractivity contribution in [3.63, 3.8) is 0 Å². The predicted octanol–water partition coefficient (Wildman–Crippen LogP) is 3.17. The van der Waals surface area contributed by atoms with Crippen molar-refractivity contribution in [3.05, 3.63) is 47.3 Å². The maximum absolute atomic E-state index is 5.50. The van der Waals surface area contributed by atoms with Crippen LogP contribution in [0.1, 0.15) is 43.1 Å². The van der Waals surface area contributed by atoms with Gasteiger partial charge in [-0.25, -0.2) is 0 Å². The van der Waals surface area contributed by atoms with E-state index in [1.807, 2.05) is 11.7 Å². The first-order valence-corrected chi connectivity index (χ1v) is 7.60. The number of aromatic nitrogens is 2. The Labute approximate surface area is 127 Å². The molecule has 2 rings (SSSR count). The van der Waals surface area contributed by atoms with Crippen molar-refractivity contribution in [1.82, 2.24) is 15.1 Å². The molecule has 0 aliphatic carbocycles. The van der Waals surface area contributed by atoms with Gasteiger partial charge in [-0.3, -0.25) is 4.68 Å². The number of hydrogen-bond donors (Lipinski definition) is 1. The topological polar surface area (TPSA) is 39.1 Å². The molecule has 1 aromatic heterocycles. The minimum absolute atomic E-state index is 0.0832. The molecule has 0 bridgehead atoms. The van der Waals surface area contributed by atoms with Crippen molar-refractivity contribution in [2.45, 2.75) is 39.3 Å². The summed E-state index contributed by atoms with van der Waals surface area (Å²) in [5, 5.41) is 7.85. The van der Waals surface area contributed by atoms with Crippen LogP contribution in [0.25, 0.3) is 0 Å². The van der Waals surface area contributed by atoms with Gasteiger partial charge in [-0.1, -0.05) is 38.1 Å². The van der Waals surface area contributed by atoms with E-state index >= 15 is 0 Å². The van der Waals surface area contributed by atoms with Crippen LogP contribution in [0.5, 0.6) is 5.75 Å². The van der Waals surface area contributed by atoms with Crippen molar-refractivity contribution in [3.8, 4) is 5.75 Å². The van der Waals surface area contributed by atoms with E-state index in [2.05, 4.69) is 48.5 Å². The summed E-state index contributed by atoms with van der Waals surface area (Å²) in [6, 6.07) is 8.82. The molecule has 0 aliphatic rings. The van der Waals surface area contributed by atoms with Gasteiger partial charge < -0.3 is 10.1 Å². The summed E-state index contributed by atoms with van der Waals surface area (Å²) in [5.74, 6) is 0.836. The van der Waals surface area contributed by atoms with Crippen LogP contribution < -0.4 is 10.1 Å². The van der Waals surface area contributed by atoms with Crippen LogP contribution in [-0.2, 0) is 13.0 Å². The lowest BCUT2D eigenvalue weighted by molar-refractivity contribution is 0.400. The number of benzene rings is 1. The van der Waals surface area contributed by atoms with Gasteiger partial charge in [0, 0.05) is 6.54 Å². The quantitative estimate of drug-likeness (QED) is 0.850. The highest BCUT2D eigenvalue weighted by molar-refractivity contribution is 5.37. The van der Waals surface area contributed by atoms with Crippen LogP contribution in [0.3, 0.4) is 0 Å². The van der Waals surface area contributed by atoms with Crippen molar-refractivity contribution in [1.29, 1.82) is 0 Å². The predicted molar refractivity (Wildman–Crippen MR) is 85.8 cm³/mol. The van der Waals surface area contributed by atoms with E-state index < -0.39 is 0 Å². The van der Waals surface area contributed by atoms with Crippen molar-refractivity contribution in [2.24, 2.45) is 0 Å². The Hall–Kier alpha value is -1.81. The fraction of sp³-hybridized carbons (Fsp3) is 0.471. The molecule has 0 fully saturated rings. The molecule has 1 N–H and O–H groups in total. The summed E-state index contributed by atoms with van der Waals surface area (Å²) in [7, 11) is 3.67. The third-order valence-electron chi connectivity index (χ3n) is 3.78. The minimum Gasteiger partial charge on any atom is -0.493 e. The Kier molecular flexibility index (Phi) is 5.39. The molecule has 4 nitrogen and oxygen atoms in total. The molecule has 0 saturated heterocycles. The molecule has 1 aromatic carbocycles. The molecule has 1 atom stereocenters. The van der Waals surface area contributed by atoms with Crippen LogP contribution in [0.2, 0.25) is 0 Å². The maximum Gasteiger partial charge on any atom is 0.161 e. The average Bonchev–Trinajstić information content (AvgIpc) is 2.92. The number of aryl methyl sites for hydroxylation is 2. The number of nitrogens with zero attached hydrogens (tertiary/aromatic N) is 2. The standard InChI is InChI=1S/C17H25N3O/c1-5-11-20-17(15(21-4)12-19-20)16(18-3)14-9-7-13(6-2)8-10-14/h7-10,12,16,18H,5-6,11H2,1-4H3. The Morgan fingerprint density at radius 1 is 1.24 bits per heavy atom. The van der Waals surface area contributed by atoms with E-state index in [1.54, 1.807) is 13.3 Å². The van der Waals surface area contributed by atoms with E-state index in [0.717, 1.165) is 30.8 Å². The zero-order chi connectivity index (χ0) is 15.2. The first-order chi connectivity index (χ1) is 10.2. The van der Waals surface area contributed by atoms with E-state index in [1.165, 1.54) is 11.1 Å². The van der Waals surface area contributed by atoms with Gasteiger partial charge in [-0.15, -0.1) is 0 Å². The third kappa shape index (κ3) is 3.27. The van der Waals surface area contributed by atoms with Crippen LogP contribution in [-0.4, -0.2) is 23.9 Å². The molecule has 4 heteroatoms. The lowest BCUT2D eigenvalue weighted by atomic mass is 10.0. The molecule has 0 aliphatic heterocycles. The lowest BCUT2D eigenvalue weighted by Crippen LogP contribution is -2.22. The molecule has 2 aromatic rings. The summed E-state index contributed by atoms with van der Waals surface area (Å²) in [4.78, 5) is 0. The molecule has 0 saturated carbocycles. The smallest absolute Gasteiger partial charge is 0.161 e. The van der Waals surface area contributed by atoms with Crippen molar-refractivity contribution >= 4 is 0 Å². The molecular weight excluding hydrogens is 262 g/mol. The maximum atomic E-state index is 5.50. The molecule has 0 radical (unpaired) electrons. The van der Waals surface area contributed by atoms with E-state index in [4.69, 9.17) is 4.74 Å². The van der Waals surface area contributed by atoms with Crippen LogP contribution in [0.4, 0.5) is 0 Å². The molecule has 0 amide bonds. The van der Waals surface area contributed by atoms with Gasteiger partial charge in [0.05, 0.1) is 19.3 Å². The lowest BCUT2D eigenvalue weighted by Gasteiger charge is -2.20. The monoisotopic (exact) mass is 287 g/mol. The number of hydrogen-bond acceptors (Lipinski definition) is 3. The summed E-state index contributed by atoms with van der Waals surface area (Å²) < 4.78 is 7.53. The SMILES string of the molecule is CCCn1ncc(OC)c1C(NC)c1ccc(CC)cc1. The summed E-state index contributed by atoms with van der Waals surface area (Å²) in [6.07, 6.45) is 3.90. The first kappa shape index (κ1) is 15.6. The second-order valence-electron chi connectivity index (χ2n) is 5.14. The second kappa shape index (κ2) is 7.27. The first-order valence-electron chi connectivity index (χ1n) is 7.60. The number of ether oxygens (including phenoxy) is 1. The Balaban J connectivity index is 2.41. The van der Waals surface area contributed by atoms with Crippen molar-refractivity contribution < 1.29 is 4.74 Å². The largest absolute Gasteiger partial charge is 0.493 e. The number of rotatable bonds is 7. The normalized spacial score (nSPS) is 12.4. The third-order valence-corrected chi connectivity index (χ3v) is 3.78. The van der Waals surface area contributed by atoms with Gasteiger partial charge >= 0.3 is 0 Å². The zero-order valence-electron chi connectivity index (χ0n) is 13.4. The number of nitrogens with one attached hydrogen (secondary N) is 1. The molecule has 1 unspecified atom stereocenters. The fourth-order valence-electron chi connectivity index (χ4n) is 2.62. The summed E-state index contributed by atoms with van der Waals surface area (Å²) >= 11 is 0. The Morgan fingerprint density at radius 2 is 1.95 bits per heavy atom. The van der Waals surface area contributed by atoms with Gasteiger partial charge in [0.2, 0.25) is 0 Å². The van der Waals surface area contributed by atoms with E-state index in [9.17, 15) is 0 Å². The van der Waals surface area contributed by atoms with E-state index in [0.29, 0.717) is 0 Å². The highest BCUT2D eigenvalue weighted by atomic mass is 16.5. The van der Waals surface area contributed by atoms with Crippen LogP contribution >= 0.6 is 0 Å². The van der Waals surface area contributed by atoms with Gasteiger partial charge in [0.25, 0.3) is 0 Å².